The van der Waals surface area contributed by atoms with Gasteiger partial charge in [0, 0.05) is 125 Å². The van der Waals surface area contributed by atoms with Crippen LogP contribution in [0.4, 0.5) is 57.9 Å². The molecule has 4 aromatic rings. The molecule has 0 aromatic heterocycles. The molecule has 2 saturated heterocycles. The van der Waals surface area contributed by atoms with E-state index in [0.29, 0.717) is 90.5 Å². The number of benzene rings is 4. The molecule has 6 aliphatic rings. The van der Waals surface area contributed by atoms with Crippen LogP contribution >= 0.6 is 0 Å². The Balaban J connectivity index is 0.000000199. The predicted octanol–water partition coefficient (Wildman–Crippen LogP) is 10.1. The zero-order chi connectivity index (χ0) is 61.4. The van der Waals surface area contributed by atoms with Gasteiger partial charge < -0.3 is 44.9 Å². The summed E-state index contributed by atoms with van der Waals surface area (Å²) in [5, 5.41) is 39.6. The second kappa shape index (κ2) is 30.4. The minimum atomic E-state index is -4.83. The second-order valence-electron chi connectivity index (χ2n) is 21.3. The van der Waals surface area contributed by atoms with Crippen LogP contribution in [-0.4, -0.2) is 157 Å². The highest BCUT2D eigenvalue weighted by Gasteiger charge is 2.40. The number of nitrogens with zero attached hydrogens (tertiary/aromatic N) is 5. The van der Waals surface area contributed by atoms with Crippen LogP contribution in [0.15, 0.2) is 72.8 Å². The fourth-order valence-electron chi connectivity index (χ4n) is 11.1. The van der Waals surface area contributed by atoms with E-state index >= 15 is 0 Å². The maximum Gasteiger partial charge on any atom is 0.423 e. The van der Waals surface area contributed by atoms with Gasteiger partial charge in [-0.3, -0.25) is 34.8 Å². The number of carbonyl (C=O) groups excluding carboxylic acids is 1. The molecule has 2 atom stereocenters. The minimum absolute atomic E-state index is 0.0212. The van der Waals surface area contributed by atoms with Gasteiger partial charge >= 0.3 is 18.3 Å². The zero-order valence-electron chi connectivity index (χ0n) is 47.2. The number of halogens is 8. The Morgan fingerprint density at radius 2 is 1.02 bits per heavy atom. The summed E-state index contributed by atoms with van der Waals surface area (Å²) in [6.45, 7) is 12.1. The number of carboxylic acids is 1. The predicted molar refractivity (Wildman–Crippen MR) is 298 cm³/mol. The number of aliphatic carboxylic acids is 1. The monoisotopic (exact) mass is 1210 g/mol. The lowest BCUT2D eigenvalue weighted by Gasteiger charge is -2.36. The van der Waals surface area contributed by atoms with Crippen LogP contribution in [0.3, 0.4) is 0 Å². The van der Waals surface area contributed by atoms with Crippen molar-refractivity contribution >= 4 is 34.6 Å². The second-order valence-corrected chi connectivity index (χ2v) is 21.3. The third-order valence-electron chi connectivity index (χ3n) is 15.4. The van der Waals surface area contributed by atoms with Gasteiger partial charge in [-0.25, -0.2) is 13.6 Å². The van der Waals surface area contributed by atoms with Crippen molar-refractivity contribution in [2.24, 2.45) is 0 Å². The van der Waals surface area contributed by atoms with Gasteiger partial charge in [-0.1, -0.05) is 13.8 Å². The normalized spacial score (nSPS) is 22.3. The molecule has 4 fully saturated rings. The molecule has 19 nitrogen and oxygen atoms in total. The molecule has 0 bridgehead atoms. The molecule has 4 aromatic carbocycles. The number of nitro groups is 2. The number of nitrogens with one attached hydrogen (secondary N) is 3. The number of amides is 1. The highest BCUT2D eigenvalue weighted by atomic mass is 19.4. The molecule has 0 radical (unpaired) electrons. The van der Waals surface area contributed by atoms with Gasteiger partial charge in [0.1, 0.15) is 59.7 Å². The van der Waals surface area contributed by atoms with E-state index in [4.69, 9.17) is 24.1 Å². The van der Waals surface area contributed by atoms with Gasteiger partial charge in [0.15, 0.2) is 0 Å². The number of fused-ring (bicyclic) bond motifs is 2. The summed E-state index contributed by atoms with van der Waals surface area (Å²) in [5.74, 6) is 0.0225. The Kier molecular flexibility index (Phi) is 23.5. The summed E-state index contributed by atoms with van der Waals surface area (Å²) in [4.78, 5) is 49.2. The molecule has 10 rings (SSSR count). The Hall–Kier alpha value is -6.94. The van der Waals surface area contributed by atoms with Crippen molar-refractivity contribution in [1.82, 2.24) is 20.0 Å². The number of ether oxygens (including phenoxy) is 4. The van der Waals surface area contributed by atoms with E-state index in [2.05, 4.69) is 25.8 Å². The van der Waals surface area contributed by atoms with Gasteiger partial charge in [0.05, 0.1) is 22.1 Å². The summed E-state index contributed by atoms with van der Waals surface area (Å²) < 4.78 is 128. The van der Waals surface area contributed by atoms with E-state index in [-0.39, 0.29) is 78.6 Å². The first-order chi connectivity index (χ1) is 40.5. The molecule has 2 saturated carbocycles. The zero-order valence-corrected chi connectivity index (χ0v) is 47.2. The molecule has 85 heavy (non-hydrogen) atoms. The Morgan fingerprint density at radius 3 is 1.42 bits per heavy atom. The summed E-state index contributed by atoms with van der Waals surface area (Å²) in [7, 11) is 0. The van der Waals surface area contributed by atoms with E-state index in [1.165, 1.54) is 30.3 Å². The first kappa shape index (κ1) is 65.6. The largest absolute Gasteiger partial charge is 0.488 e. The molecule has 0 spiro atoms. The van der Waals surface area contributed by atoms with E-state index in [9.17, 15) is 64.9 Å². The van der Waals surface area contributed by atoms with Crippen molar-refractivity contribution in [3.05, 3.63) is 127 Å². The van der Waals surface area contributed by atoms with E-state index in [0.717, 1.165) is 86.0 Å². The first-order valence-electron chi connectivity index (χ1n) is 28.6. The van der Waals surface area contributed by atoms with Crippen molar-refractivity contribution in [1.29, 1.82) is 0 Å². The molecule has 2 unspecified atom stereocenters. The number of rotatable bonds is 16. The SMILES string of the molecule is CC.Fc1ccc2c(c1)CC(CN1CCNCC1)O2.O=C(COC1CCC(Nc2ccc([N+](=O)[O-])c(C(F)(F)F)c2)CC1)N1CCN(CC2Cc3cc(F)ccc3O2)CC1.O=C(O)COC1CCC(Nc2ccc([N+](=O)[O-])c(C(F)(F)F)c2)CC1. The summed E-state index contributed by atoms with van der Waals surface area (Å²) in [6, 6.07) is 14.9. The van der Waals surface area contributed by atoms with Crippen molar-refractivity contribution < 1.29 is 78.6 Å². The smallest absolute Gasteiger partial charge is 0.423 e. The lowest BCUT2D eigenvalue weighted by Crippen LogP contribution is -2.51. The third kappa shape index (κ3) is 19.5. The standard InChI is InChI=1S/C28H32F4N4O5.C15H17F3N2O5.C13H17FN2O.C2H6/c29-19-1-8-26-18(13-19)14-23(41-26)16-34-9-11-35(12-10-34)27(37)17-40-22-5-2-20(3-6-22)33-21-4-7-25(36(38)39)24(15-21)28(30,31)32;16-15(17,18)12-7-10(3-6-13(12)20(23)24)19-9-1-4-11(5-2-9)25-8-14(21)22;14-11-1-2-13-10(7-11)8-12(17-13)9-16-5-3-15-4-6-16;1-2/h1,4,7-8,13,15,20,22-23,33H,2-3,5-6,9-12,14,16-17H2;3,6-7,9,11,19H,1-2,4-5,8H2,(H,21,22);1-2,7,12,15H,3-6,8-9H2;1-2H3. The summed E-state index contributed by atoms with van der Waals surface area (Å²) >= 11 is 0. The van der Waals surface area contributed by atoms with Gasteiger partial charge in [-0.05, 0) is 112 Å². The van der Waals surface area contributed by atoms with E-state index in [1.54, 1.807) is 23.1 Å². The van der Waals surface area contributed by atoms with Crippen LogP contribution in [-0.2, 0) is 44.3 Å². The van der Waals surface area contributed by atoms with Crippen LogP contribution in [0.2, 0.25) is 0 Å². The molecule has 4 N–H and O–H groups in total. The summed E-state index contributed by atoms with van der Waals surface area (Å²) in [5.41, 5.74) is -2.30. The molecule has 4 heterocycles. The average molecular weight is 1210 g/mol. The van der Waals surface area contributed by atoms with E-state index < -0.39 is 50.7 Å². The molecule has 1 amide bonds. The number of nitro benzene ring substituents is 2. The van der Waals surface area contributed by atoms with E-state index in [1.807, 2.05) is 13.8 Å². The first-order valence-corrected chi connectivity index (χ1v) is 28.6. The van der Waals surface area contributed by atoms with Gasteiger partial charge in [0.25, 0.3) is 11.4 Å². The molecule has 27 heteroatoms. The van der Waals surface area contributed by atoms with Crippen LogP contribution in [0.1, 0.15) is 87.5 Å². The number of hydrogen-bond donors (Lipinski definition) is 4. The average Bonchev–Trinajstić information content (AvgIpc) is 2.68. The van der Waals surface area contributed by atoms with Gasteiger partial charge in [-0.15, -0.1) is 0 Å². The Labute approximate surface area is 486 Å². The minimum Gasteiger partial charge on any atom is -0.488 e. The molecule has 4 aliphatic heterocycles. The lowest BCUT2D eigenvalue weighted by atomic mass is 9.92. The quantitative estimate of drug-likeness (QED) is 0.0465. The molecular formula is C58H72F8N8O11. The van der Waals surface area contributed by atoms with Crippen molar-refractivity contribution in [2.75, 3.05) is 89.3 Å². The van der Waals surface area contributed by atoms with Crippen LogP contribution in [0.5, 0.6) is 11.5 Å². The highest BCUT2D eigenvalue weighted by Crippen LogP contribution is 2.40. The van der Waals surface area contributed by atoms with Crippen molar-refractivity contribution in [2.45, 2.75) is 127 Å². The molecular weight excluding hydrogens is 1140 g/mol. The Morgan fingerprint density at radius 1 is 0.612 bits per heavy atom. The fourth-order valence-corrected chi connectivity index (χ4v) is 11.1. The number of piperazine rings is 2. The molecule has 2 aliphatic carbocycles. The lowest BCUT2D eigenvalue weighted by molar-refractivity contribution is -0.388. The highest BCUT2D eigenvalue weighted by molar-refractivity contribution is 5.77. The molecule has 466 valence electrons. The Bertz CT molecular complexity index is 2880. The van der Waals surface area contributed by atoms with Crippen molar-refractivity contribution in [3.63, 3.8) is 0 Å². The number of anilines is 2. The fraction of sp³-hybridized carbons (Fsp3) is 0.552. The number of carbonyl (C=O) groups is 2. The van der Waals surface area contributed by atoms with Gasteiger partial charge in [0.2, 0.25) is 5.91 Å². The third-order valence-corrected chi connectivity index (χ3v) is 15.4. The maximum atomic E-state index is 13.5. The number of hydrogen-bond acceptors (Lipinski definition) is 15. The van der Waals surface area contributed by atoms with Crippen LogP contribution < -0.4 is 25.4 Å². The maximum absolute atomic E-state index is 13.5. The van der Waals surface area contributed by atoms with Crippen molar-refractivity contribution in [3.8, 4) is 11.5 Å². The number of carboxylic acid groups (broad SMARTS) is 1. The topological polar surface area (TPSA) is 223 Å². The van der Waals surface area contributed by atoms with Crippen LogP contribution in [0, 0.1) is 31.9 Å². The van der Waals surface area contributed by atoms with Gasteiger partial charge in [-0.2, -0.15) is 26.3 Å². The summed E-state index contributed by atoms with van der Waals surface area (Å²) in [6.07, 6.45) is -3.37. The number of alkyl halides is 6. The van der Waals surface area contributed by atoms with Crippen LogP contribution in [0.25, 0.3) is 0 Å².